The largest absolute Gasteiger partial charge is 0.491 e. The van der Waals surface area contributed by atoms with Crippen LogP contribution in [0.1, 0.15) is 37.8 Å². The SMILES string of the molecule is Cc1cccc(C(C)CN=C(N)Nc2ccc(OC(C)C)cc2)c1.I. The number of hydrogen-bond donors (Lipinski definition) is 2. The van der Waals surface area contributed by atoms with Crippen molar-refractivity contribution in [1.82, 2.24) is 0 Å². The summed E-state index contributed by atoms with van der Waals surface area (Å²) in [5, 5.41) is 3.11. The van der Waals surface area contributed by atoms with Crippen LogP contribution < -0.4 is 15.8 Å². The number of anilines is 1. The molecule has 0 heterocycles. The molecule has 0 fully saturated rings. The summed E-state index contributed by atoms with van der Waals surface area (Å²) >= 11 is 0. The number of nitrogens with one attached hydrogen (secondary N) is 1. The predicted octanol–water partition coefficient (Wildman–Crippen LogP) is 4.93. The van der Waals surface area contributed by atoms with Gasteiger partial charge in [0, 0.05) is 18.2 Å². The first-order valence-electron chi connectivity index (χ1n) is 8.34. The minimum Gasteiger partial charge on any atom is -0.491 e. The van der Waals surface area contributed by atoms with Crippen molar-refractivity contribution in [2.45, 2.75) is 39.7 Å². The monoisotopic (exact) mass is 453 g/mol. The summed E-state index contributed by atoms with van der Waals surface area (Å²) < 4.78 is 5.62. The summed E-state index contributed by atoms with van der Waals surface area (Å²) in [6.45, 7) is 8.92. The molecule has 0 aliphatic heterocycles. The highest BCUT2D eigenvalue weighted by Crippen LogP contribution is 2.18. The maximum Gasteiger partial charge on any atom is 0.193 e. The van der Waals surface area contributed by atoms with Crippen molar-refractivity contribution in [1.29, 1.82) is 0 Å². The molecule has 0 radical (unpaired) electrons. The summed E-state index contributed by atoms with van der Waals surface area (Å²) in [5.41, 5.74) is 9.43. The number of aliphatic imine (C=N–C) groups is 1. The van der Waals surface area contributed by atoms with Crippen LogP contribution in [0.25, 0.3) is 0 Å². The number of ether oxygens (including phenoxy) is 1. The van der Waals surface area contributed by atoms with Gasteiger partial charge in [-0.15, -0.1) is 24.0 Å². The van der Waals surface area contributed by atoms with Crippen LogP contribution in [-0.2, 0) is 0 Å². The molecule has 0 saturated carbocycles. The molecule has 2 aromatic rings. The van der Waals surface area contributed by atoms with E-state index in [1.807, 2.05) is 38.1 Å². The Morgan fingerprint density at radius 1 is 1.12 bits per heavy atom. The van der Waals surface area contributed by atoms with Crippen LogP contribution >= 0.6 is 24.0 Å². The highest BCUT2D eigenvalue weighted by atomic mass is 127. The second-order valence-electron chi connectivity index (χ2n) is 6.36. The van der Waals surface area contributed by atoms with Crippen LogP contribution in [-0.4, -0.2) is 18.6 Å². The molecule has 0 bridgehead atoms. The first-order valence-corrected chi connectivity index (χ1v) is 8.34. The maximum absolute atomic E-state index is 5.99. The molecule has 0 aliphatic rings. The summed E-state index contributed by atoms with van der Waals surface area (Å²) in [6, 6.07) is 16.2. The van der Waals surface area contributed by atoms with Gasteiger partial charge in [0.1, 0.15) is 5.75 Å². The van der Waals surface area contributed by atoms with Crippen molar-refractivity contribution in [3.63, 3.8) is 0 Å². The van der Waals surface area contributed by atoms with Crippen LogP contribution in [0.2, 0.25) is 0 Å². The van der Waals surface area contributed by atoms with E-state index in [-0.39, 0.29) is 30.1 Å². The highest BCUT2D eigenvalue weighted by molar-refractivity contribution is 14.0. The Morgan fingerprint density at radius 2 is 1.80 bits per heavy atom. The molecule has 1 unspecified atom stereocenters. The van der Waals surface area contributed by atoms with E-state index < -0.39 is 0 Å². The number of halogens is 1. The molecule has 5 heteroatoms. The van der Waals surface area contributed by atoms with Gasteiger partial charge in [0.25, 0.3) is 0 Å². The third-order valence-electron chi connectivity index (χ3n) is 3.65. The van der Waals surface area contributed by atoms with Gasteiger partial charge in [-0.3, -0.25) is 4.99 Å². The van der Waals surface area contributed by atoms with Gasteiger partial charge in [0.15, 0.2) is 5.96 Å². The lowest BCUT2D eigenvalue weighted by Crippen LogP contribution is -2.23. The van der Waals surface area contributed by atoms with E-state index in [4.69, 9.17) is 10.5 Å². The molecule has 3 N–H and O–H groups in total. The summed E-state index contributed by atoms with van der Waals surface area (Å²) in [4.78, 5) is 4.45. The summed E-state index contributed by atoms with van der Waals surface area (Å²) in [5.74, 6) is 1.60. The quantitative estimate of drug-likeness (QED) is 0.371. The molecule has 2 rings (SSSR count). The Kier molecular flexibility index (Phi) is 8.75. The third-order valence-corrected chi connectivity index (χ3v) is 3.65. The fourth-order valence-corrected chi connectivity index (χ4v) is 2.39. The number of nitrogens with two attached hydrogens (primary N) is 1. The van der Waals surface area contributed by atoms with Crippen LogP contribution in [0.15, 0.2) is 53.5 Å². The van der Waals surface area contributed by atoms with Gasteiger partial charge >= 0.3 is 0 Å². The fraction of sp³-hybridized carbons (Fsp3) is 0.350. The molecule has 2 aromatic carbocycles. The molecule has 0 aliphatic carbocycles. The zero-order chi connectivity index (χ0) is 17.5. The van der Waals surface area contributed by atoms with Crippen molar-refractivity contribution in [2.24, 2.45) is 10.7 Å². The first-order chi connectivity index (χ1) is 11.4. The molecular weight excluding hydrogens is 425 g/mol. The van der Waals surface area contributed by atoms with Crippen molar-refractivity contribution in [3.8, 4) is 5.75 Å². The van der Waals surface area contributed by atoms with E-state index in [1.54, 1.807) is 0 Å². The third kappa shape index (κ3) is 7.34. The fourth-order valence-electron chi connectivity index (χ4n) is 2.39. The number of rotatable bonds is 6. The van der Waals surface area contributed by atoms with Crippen LogP contribution in [0.3, 0.4) is 0 Å². The molecule has 0 aromatic heterocycles. The van der Waals surface area contributed by atoms with Gasteiger partial charge in [-0.05, 0) is 50.6 Å². The number of hydrogen-bond acceptors (Lipinski definition) is 2. The van der Waals surface area contributed by atoms with Gasteiger partial charge in [-0.1, -0.05) is 36.8 Å². The van der Waals surface area contributed by atoms with Gasteiger partial charge < -0.3 is 15.8 Å². The Balaban J connectivity index is 0.00000312. The van der Waals surface area contributed by atoms with Crippen molar-refractivity contribution >= 4 is 35.6 Å². The zero-order valence-corrected chi connectivity index (χ0v) is 17.7. The van der Waals surface area contributed by atoms with Gasteiger partial charge in [0.2, 0.25) is 0 Å². The highest BCUT2D eigenvalue weighted by Gasteiger charge is 2.05. The average Bonchev–Trinajstić information content (AvgIpc) is 2.54. The van der Waals surface area contributed by atoms with E-state index in [0.29, 0.717) is 18.4 Å². The summed E-state index contributed by atoms with van der Waals surface area (Å²) in [6.07, 6.45) is 0.165. The smallest absolute Gasteiger partial charge is 0.193 e. The number of benzene rings is 2. The second kappa shape index (κ2) is 10.3. The lowest BCUT2D eigenvalue weighted by Gasteiger charge is -2.12. The molecule has 25 heavy (non-hydrogen) atoms. The van der Waals surface area contributed by atoms with E-state index in [1.165, 1.54) is 11.1 Å². The lowest BCUT2D eigenvalue weighted by molar-refractivity contribution is 0.242. The Labute approximate surface area is 167 Å². The van der Waals surface area contributed by atoms with E-state index in [9.17, 15) is 0 Å². The van der Waals surface area contributed by atoms with Crippen LogP contribution in [0.5, 0.6) is 5.75 Å². The topological polar surface area (TPSA) is 59.6 Å². The maximum atomic E-state index is 5.99. The van der Waals surface area contributed by atoms with Crippen molar-refractivity contribution in [3.05, 3.63) is 59.7 Å². The Morgan fingerprint density at radius 3 is 2.40 bits per heavy atom. The average molecular weight is 453 g/mol. The summed E-state index contributed by atoms with van der Waals surface area (Å²) in [7, 11) is 0. The molecular formula is C20H28IN3O. The Bertz CT molecular complexity index is 684. The predicted molar refractivity (Wildman–Crippen MR) is 117 cm³/mol. The lowest BCUT2D eigenvalue weighted by atomic mass is 10.00. The minimum absolute atomic E-state index is 0. The van der Waals surface area contributed by atoms with Crippen LogP contribution in [0.4, 0.5) is 5.69 Å². The number of aryl methyl sites for hydroxylation is 1. The molecule has 136 valence electrons. The van der Waals surface area contributed by atoms with Crippen LogP contribution in [0, 0.1) is 6.92 Å². The standard InChI is InChI=1S/C20H27N3O.HI/c1-14(2)24-19-10-8-18(9-11-19)23-20(21)22-13-16(4)17-7-5-6-15(3)12-17;/h5-12,14,16H,13H2,1-4H3,(H3,21,22,23);1H. The molecule has 4 nitrogen and oxygen atoms in total. The first kappa shape index (κ1) is 21.3. The second-order valence-corrected chi connectivity index (χ2v) is 6.36. The molecule has 0 saturated heterocycles. The van der Waals surface area contributed by atoms with Gasteiger partial charge in [0.05, 0.1) is 6.10 Å². The van der Waals surface area contributed by atoms with Gasteiger partial charge in [-0.25, -0.2) is 0 Å². The van der Waals surface area contributed by atoms with Crippen molar-refractivity contribution < 1.29 is 4.74 Å². The van der Waals surface area contributed by atoms with E-state index >= 15 is 0 Å². The molecule has 1 atom stereocenters. The zero-order valence-electron chi connectivity index (χ0n) is 15.3. The van der Waals surface area contributed by atoms with E-state index in [0.717, 1.165) is 11.4 Å². The molecule has 0 amide bonds. The normalized spacial score (nSPS) is 12.4. The number of nitrogens with zero attached hydrogens (tertiary/aromatic N) is 1. The van der Waals surface area contributed by atoms with E-state index in [2.05, 4.69) is 48.4 Å². The minimum atomic E-state index is 0. The molecule has 0 spiro atoms. The number of guanidine groups is 1. The Hall–Kier alpha value is -1.76. The van der Waals surface area contributed by atoms with Crippen molar-refractivity contribution in [2.75, 3.05) is 11.9 Å². The van der Waals surface area contributed by atoms with Gasteiger partial charge in [-0.2, -0.15) is 0 Å².